The smallest absolute Gasteiger partial charge is 0.293 e. The third-order valence-electron chi connectivity index (χ3n) is 4.79. The second-order valence-corrected chi connectivity index (χ2v) is 6.46. The number of aromatic nitrogens is 1. The van der Waals surface area contributed by atoms with Crippen molar-refractivity contribution >= 4 is 17.3 Å². The first-order valence-electron chi connectivity index (χ1n) is 8.65. The Morgan fingerprint density at radius 2 is 2.00 bits per heavy atom. The minimum Gasteiger partial charge on any atom is -0.495 e. The van der Waals surface area contributed by atoms with Crippen molar-refractivity contribution in [1.29, 1.82) is 0 Å². The van der Waals surface area contributed by atoms with Crippen LogP contribution in [0.5, 0.6) is 5.75 Å². The summed E-state index contributed by atoms with van der Waals surface area (Å²) in [5.41, 5.74) is 2.82. The first-order chi connectivity index (χ1) is 12.5. The Morgan fingerprint density at radius 1 is 1.27 bits per heavy atom. The largest absolute Gasteiger partial charge is 0.495 e. The van der Waals surface area contributed by atoms with E-state index in [1.807, 2.05) is 17.0 Å². The summed E-state index contributed by atoms with van der Waals surface area (Å²) in [7, 11) is 1.46. The van der Waals surface area contributed by atoms with Crippen LogP contribution in [0.4, 0.5) is 11.4 Å². The van der Waals surface area contributed by atoms with Crippen LogP contribution >= 0.6 is 0 Å². The van der Waals surface area contributed by atoms with Gasteiger partial charge in [0.15, 0.2) is 12.4 Å². The van der Waals surface area contributed by atoms with Crippen LogP contribution in [0.2, 0.25) is 0 Å². The molecule has 2 aromatic rings. The summed E-state index contributed by atoms with van der Waals surface area (Å²) in [6, 6.07) is 5.75. The number of benzene rings is 1. The van der Waals surface area contributed by atoms with Gasteiger partial charge >= 0.3 is 0 Å². The maximum Gasteiger partial charge on any atom is 0.293 e. The Bertz CT molecular complexity index is 851. The predicted molar refractivity (Wildman–Crippen MR) is 96.3 cm³/mol. The maximum absolute atomic E-state index is 12.7. The van der Waals surface area contributed by atoms with Crippen molar-refractivity contribution in [2.45, 2.75) is 38.6 Å². The molecule has 136 valence electrons. The highest BCUT2D eigenvalue weighted by atomic mass is 16.6. The van der Waals surface area contributed by atoms with Crippen molar-refractivity contribution in [1.82, 2.24) is 0 Å². The number of anilines is 1. The van der Waals surface area contributed by atoms with Crippen molar-refractivity contribution in [3.05, 3.63) is 57.9 Å². The first kappa shape index (κ1) is 17.8. The molecule has 1 aliphatic carbocycles. The molecule has 0 aliphatic heterocycles. The van der Waals surface area contributed by atoms with E-state index in [1.54, 1.807) is 6.92 Å². The molecule has 3 rings (SSSR count). The maximum atomic E-state index is 12.7. The van der Waals surface area contributed by atoms with Crippen LogP contribution in [0.3, 0.4) is 0 Å². The number of nitrogens with one attached hydrogen (secondary N) is 1. The number of aryl methyl sites for hydroxylation is 2. The number of pyridine rings is 1. The molecule has 0 saturated heterocycles. The number of hydrogen-bond donors (Lipinski definition) is 1. The van der Waals surface area contributed by atoms with Crippen molar-refractivity contribution in [2.75, 3.05) is 12.4 Å². The summed E-state index contributed by atoms with van der Waals surface area (Å²) in [6.07, 6.45) is 8.44. The van der Waals surface area contributed by atoms with Crippen LogP contribution in [0.1, 0.15) is 36.9 Å². The van der Waals surface area contributed by atoms with Crippen LogP contribution in [-0.2, 0) is 17.6 Å². The van der Waals surface area contributed by atoms with Gasteiger partial charge in [0.2, 0.25) is 6.04 Å². The molecule has 0 spiro atoms. The van der Waals surface area contributed by atoms with Gasteiger partial charge in [0.25, 0.3) is 11.6 Å². The zero-order valence-corrected chi connectivity index (χ0v) is 14.9. The van der Waals surface area contributed by atoms with Crippen LogP contribution in [0, 0.1) is 10.1 Å². The molecule has 26 heavy (non-hydrogen) atoms. The Hall–Kier alpha value is -2.96. The van der Waals surface area contributed by atoms with Gasteiger partial charge in [-0.2, -0.15) is 4.57 Å². The molecule has 0 unspecified atom stereocenters. The highest BCUT2D eigenvalue weighted by Crippen LogP contribution is 2.29. The Balaban J connectivity index is 1.81. The van der Waals surface area contributed by atoms with Crippen molar-refractivity contribution < 1.29 is 19.0 Å². The minimum absolute atomic E-state index is 0.102. The molecule has 1 aliphatic rings. The van der Waals surface area contributed by atoms with E-state index in [0.717, 1.165) is 12.8 Å². The Kier molecular flexibility index (Phi) is 5.16. The topological polar surface area (TPSA) is 85.3 Å². The van der Waals surface area contributed by atoms with E-state index in [0.29, 0.717) is 5.75 Å². The molecule has 1 aromatic carbocycles. The summed E-state index contributed by atoms with van der Waals surface area (Å²) >= 11 is 0. The number of nitrogens with zero attached hydrogens (tertiary/aromatic N) is 2. The Morgan fingerprint density at radius 3 is 2.69 bits per heavy atom. The number of carbonyl (C=O) groups excluding carboxylic acids is 1. The summed E-state index contributed by atoms with van der Waals surface area (Å²) in [4.78, 5) is 23.1. The van der Waals surface area contributed by atoms with E-state index in [-0.39, 0.29) is 17.3 Å². The number of nitro groups is 1. The van der Waals surface area contributed by atoms with Gasteiger partial charge < -0.3 is 10.1 Å². The third-order valence-corrected chi connectivity index (χ3v) is 4.79. The molecular weight excluding hydrogens is 334 g/mol. The summed E-state index contributed by atoms with van der Waals surface area (Å²) in [6.45, 7) is 1.80. The molecule has 1 aromatic heterocycles. The summed E-state index contributed by atoms with van der Waals surface area (Å²) in [5, 5.41) is 13.7. The second kappa shape index (κ2) is 7.51. The Labute approximate surface area is 151 Å². The highest BCUT2D eigenvalue weighted by Gasteiger charge is 2.25. The van der Waals surface area contributed by atoms with E-state index >= 15 is 0 Å². The molecule has 1 atom stereocenters. The number of methoxy groups -OCH3 is 1. The van der Waals surface area contributed by atoms with E-state index in [1.165, 1.54) is 49.3 Å². The normalized spacial score (nSPS) is 14.2. The molecule has 0 fully saturated rings. The lowest BCUT2D eigenvalue weighted by Gasteiger charge is -2.16. The fourth-order valence-electron chi connectivity index (χ4n) is 3.21. The first-order valence-corrected chi connectivity index (χ1v) is 8.65. The fraction of sp³-hybridized carbons (Fsp3) is 0.368. The number of amides is 1. The van der Waals surface area contributed by atoms with Gasteiger partial charge in [-0.25, -0.2) is 0 Å². The van der Waals surface area contributed by atoms with Gasteiger partial charge in [0.05, 0.1) is 17.7 Å². The number of hydrogen-bond acceptors (Lipinski definition) is 4. The predicted octanol–water partition coefficient (Wildman–Crippen LogP) is 2.97. The minimum atomic E-state index is -0.503. The summed E-state index contributed by atoms with van der Waals surface area (Å²) < 4.78 is 7.07. The fourth-order valence-corrected chi connectivity index (χ4v) is 3.21. The van der Waals surface area contributed by atoms with Crippen LogP contribution in [0.25, 0.3) is 0 Å². The molecule has 1 heterocycles. The second-order valence-electron chi connectivity index (χ2n) is 6.46. The number of rotatable bonds is 5. The lowest BCUT2D eigenvalue weighted by molar-refractivity contribution is -0.706. The van der Waals surface area contributed by atoms with E-state index in [9.17, 15) is 14.9 Å². The molecule has 7 nitrogen and oxygen atoms in total. The molecule has 0 radical (unpaired) electrons. The average molecular weight is 356 g/mol. The zero-order valence-electron chi connectivity index (χ0n) is 14.9. The van der Waals surface area contributed by atoms with Gasteiger partial charge in [0, 0.05) is 30.7 Å². The van der Waals surface area contributed by atoms with E-state index < -0.39 is 11.0 Å². The number of non-ortho nitro benzene ring substituents is 1. The van der Waals surface area contributed by atoms with E-state index in [4.69, 9.17) is 4.74 Å². The van der Waals surface area contributed by atoms with Crippen LogP contribution < -0.4 is 14.6 Å². The molecule has 1 N–H and O–H groups in total. The number of nitro benzene ring substituents is 1. The van der Waals surface area contributed by atoms with Crippen molar-refractivity contribution in [3.63, 3.8) is 0 Å². The van der Waals surface area contributed by atoms with Crippen molar-refractivity contribution in [2.24, 2.45) is 0 Å². The zero-order chi connectivity index (χ0) is 18.7. The number of ether oxygens (including phenoxy) is 1. The number of fused-ring (bicyclic) bond motifs is 1. The quantitative estimate of drug-likeness (QED) is 0.507. The highest BCUT2D eigenvalue weighted by molar-refractivity contribution is 5.94. The van der Waals surface area contributed by atoms with Crippen molar-refractivity contribution in [3.8, 4) is 5.75 Å². The standard InChI is InChI=1S/C19H21N3O4/c1-13(21-10-9-14-5-3-4-6-15(14)12-21)19(23)20-17-11-16(22(24)25)7-8-18(17)26-2/h7-13H,3-6H2,1-2H3/p+1/t13-/m1/s1. The van der Waals surface area contributed by atoms with Crippen LogP contribution in [-0.4, -0.2) is 17.9 Å². The van der Waals surface area contributed by atoms with Crippen LogP contribution in [0.15, 0.2) is 36.7 Å². The molecule has 7 heteroatoms. The summed E-state index contributed by atoms with van der Waals surface area (Å²) in [5.74, 6) is 0.121. The molecular formula is C19H22N3O4+. The van der Waals surface area contributed by atoms with Gasteiger partial charge in [-0.1, -0.05) is 0 Å². The molecule has 0 bridgehead atoms. The molecule has 0 saturated carbocycles. The SMILES string of the molecule is COc1ccc([N+](=O)[O-])cc1NC(=O)[C@@H](C)[n+]1ccc2c(c1)CCCC2. The lowest BCUT2D eigenvalue weighted by Crippen LogP contribution is -2.44. The van der Waals surface area contributed by atoms with Gasteiger partial charge in [-0.15, -0.1) is 0 Å². The van der Waals surface area contributed by atoms with Gasteiger partial charge in [-0.3, -0.25) is 14.9 Å². The van der Waals surface area contributed by atoms with Gasteiger partial charge in [0.1, 0.15) is 5.75 Å². The van der Waals surface area contributed by atoms with Gasteiger partial charge in [-0.05, 0) is 37.3 Å². The molecule has 1 amide bonds. The lowest BCUT2D eigenvalue weighted by atomic mass is 9.93. The third kappa shape index (κ3) is 3.66. The van der Waals surface area contributed by atoms with E-state index in [2.05, 4.69) is 11.4 Å². The number of carbonyl (C=O) groups is 1. The monoisotopic (exact) mass is 356 g/mol. The average Bonchev–Trinajstić information content (AvgIpc) is 2.66.